The third-order valence-electron chi connectivity index (χ3n) is 6.49. The number of ether oxygens (including phenoxy) is 2. The summed E-state index contributed by atoms with van der Waals surface area (Å²) < 4.78 is 11.0. The Morgan fingerprint density at radius 2 is 2.21 bits per heavy atom. The van der Waals surface area contributed by atoms with E-state index in [4.69, 9.17) is 9.47 Å². The number of aliphatic imine (C=N–C) groups is 1. The summed E-state index contributed by atoms with van der Waals surface area (Å²) in [5.74, 6) is 1.76. The van der Waals surface area contributed by atoms with Crippen molar-refractivity contribution < 1.29 is 14.3 Å². The topological polar surface area (TPSA) is 88.9 Å². The zero-order valence-electron chi connectivity index (χ0n) is 19.8. The molecular weight excluding hydrogens is 450 g/mol. The first-order valence-corrected chi connectivity index (χ1v) is 12.5. The average Bonchev–Trinajstić information content (AvgIpc) is 3.46. The molecule has 1 unspecified atom stereocenters. The number of fused-ring (bicyclic) bond motifs is 4. The number of hydrogen-bond donors (Lipinski definition) is 1. The molecule has 0 fully saturated rings. The Balaban J connectivity index is 1.44. The van der Waals surface area contributed by atoms with E-state index < -0.39 is 0 Å². The van der Waals surface area contributed by atoms with Gasteiger partial charge in [-0.15, -0.1) is 11.3 Å². The number of rotatable bonds is 8. The molecule has 3 aromatic rings. The van der Waals surface area contributed by atoms with Crippen LogP contribution in [0.25, 0.3) is 10.2 Å². The summed E-state index contributed by atoms with van der Waals surface area (Å²) in [6.45, 7) is 4.40. The second-order valence-electron chi connectivity index (χ2n) is 8.67. The highest BCUT2D eigenvalue weighted by atomic mass is 32.1. The molecule has 1 aliphatic carbocycles. The van der Waals surface area contributed by atoms with Crippen LogP contribution < -0.4 is 10.1 Å². The Labute approximate surface area is 203 Å². The van der Waals surface area contributed by atoms with E-state index in [1.54, 1.807) is 29.7 Å². The summed E-state index contributed by atoms with van der Waals surface area (Å²) in [5.41, 5.74) is 4.40. The summed E-state index contributed by atoms with van der Waals surface area (Å²) in [5, 5.41) is 4.57. The third-order valence-corrected chi connectivity index (χ3v) is 7.65. The number of nitrogens with one attached hydrogen (secondary N) is 1. The normalized spacial score (nSPS) is 16.4. The highest BCUT2D eigenvalue weighted by Crippen LogP contribution is 2.42. The molecule has 2 aliphatic rings. The van der Waals surface area contributed by atoms with E-state index in [1.165, 1.54) is 16.0 Å². The fourth-order valence-electron chi connectivity index (χ4n) is 4.70. The summed E-state index contributed by atoms with van der Waals surface area (Å²) in [7, 11) is 3.51. The number of benzene rings is 1. The molecule has 0 radical (unpaired) electrons. The van der Waals surface area contributed by atoms with Crippen molar-refractivity contribution in [3.63, 3.8) is 0 Å². The van der Waals surface area contributed by atoms with E-state index >= 15 is 0 Å². The monoisotopic (exact) mass is 479 g/mol. The van der Waals surface area contributed by atoms with Gasteiger partial charge in [-0.2, -0.15) is 0 Å². The Morgan fingerprint density at radius 1 is 1.32 bits per heavy atom. The van der Waals surface area contributed by atoms with Crippen molar-refractivity contribution in [3.05, 3.63) is 40.0 Å². The van der Waals surface area contributed by atoms with E-state index in [0.717, 1.165) is 52.3 Å². The van der Waals surface area contributed by atoms with Crippen LogP contribution in [-0.2, 0) is 28.9 Å². The molecule has 178 valence electrons. The van der Waals surface area contributed by atoms with Crippen LogP contribution in [0.5, 0.6) is 5.75 Å². The Kier molecular flexibility index (Phi) is 6.47. The van der Waals surface area contributed by atoms with Crippen LogP contribution in [0.1, 0.15) is 34.9 Å². The highest BCUT2D eigenvalue weighted by molar-refractivity contribution is 7.19. The quantitative estimate of drug-likeness (QED) is 0.526. The maximum absolute atomic E-state index is 12.9. The number of aryl methyl sites for hydroxylation is 1. The van der Waals surface area contributed by atoms with Gasteiger partial charge in [0.2, 0.25) is 5.91 Å². The van der Waals surface area contributed by atoms with Crippen molar-refractivity contribution in [2.24, 2.45) is 10.9 Å². The molecule has 8 nitrogen and oxygen atoms in total. The minimum Gasteiger partial charge on any atom is -0.492 e. The Morgan fingerprint density at radius 3 is 3.03 bits per heavy atom. The molecule has 1 N–H and O–H groups in total. The lowest BCUT2D eigenvalue weighted by molar-refractivity contribution is -0.135. The molecule has 0 saturated carbocycles. The van der Waals surface area contributed by atoms with Crippen LogP contribution >= 0.6 is 11.3 Å². The molecule has 5 rings (SSSR count). The van der Waals surface area contributed by atoms with Gasteiger partial charge in [-0.3, -0.25) is 9.79 Å². The number of likely N-dealkylation sites (N-methyl/N-ethyl adjacent to an activating group) is 1. The SMILES string of the molecule is CCOc1cc2c(cc1Nc1ncnc3sc4c(c13)CCC(C(=O)N(C)CCOC)C4)C=NC2. The van der Waals surface area contributed by atoms with E-state index in [9.17, 15) is 4.79 Å². The summed E-state index contributed by atoms with van der Waals surface area (Å²) in [6, 6.07) is 4.14. The fourth-order valence-corrected chi connectivity index (χ4v) is 5.97. The average molecular weight is 480 g/mol. The van der Waals surface area contributed by atoms with Crippen LogP contribution in [0.15, 0.2) is 23.5 Å². The standard InChI is InChI=1S/C25H29N5O3S/c1-4-33-20-10-17-13-26-12-16(17)9-19(20)29-23-22-18-6-5-15(25(31)30(2)7-8-32-3)11-21(18)34-24(22)28-14-27-23/h9-10,12,14-15H,4-8,11,13H2,1-3H3,(H,27,28,29). The van der Waals surface area contributed by atoms with Crippen molar-refractivity contribution in [1.82, 2.24) is 14.9 Å². The summed E-state index contributed by atoms with van der Waals surface area (Å²) in [6.07, 6.45) is 5.90. The van der Waals surface area contributed by atoms with E-state index in [1.807, 2.05) is 20.2 Å². The first kappa shape index (κ1) is 22.7. The smallest absolute Gasteiger partial charge is 0.225 e. The van der Waals surface area contributed by atoms with Crippen molar-refractivity contribution in [2.45, 2.75) is 32.7 Å². The number of thiophene rings is 1. The van der Waals surface area contributed by atoms with Crippen molar-refractivity contribution in [1.29, 1.82) is 0 Å². The van der Waals surface area contributed by atoms with Crippen LogP contribution in [0.3, 0.4) is 0 Å². The molecule has 0 spiro atoms. The minimum absolute atomic E-state index is 0.00709. The zero-order valence-corrected chi connectivity index (χ0v) is 20.6. The maximum atomic E-state index is 12.9. The van der Waals surface area contributed by atoms with Gasteiger partial charge in [-0.1, -0.05) is 0 Å². The first-order valence-electron chi connectivity index (χ1n) is 11.6. The van der Waals surface area contributed by atoms with Crippen molar-refractivity contribution in [2.75, 3.05) is 39.2 Å². The Hall–Kier alpha value is -3.04. The molecule has 34 heavy (non-hydrogen) atoms. The van der Waals surface area contributed by atoms with Gasteiger partial charge in [0.25, 0.3) is 0 Å². The number of methoxy groups -OCH3 is 1. The van der Waals surface area contributed by atoms with E-state index in [0.29, 0.717) is 26.3 Å². The lowest BCUT2D eigenvalue weighted by atomic mass is 9.87. The van der Waals surface area contributed by atoms with Gasteiger partial charge >= 0.3 is 0 Å². The number of hydrogen-bond acceptors (Lipinski definition) is 8. The molecule has 2 aromatic heterocycles. The number of nitrogens with zero attached hydrogens (tertiary/aromatic N) is 4. The first-order chi connectivity index (χ1) is 16.6. The molecule has 1 aliphatic heterocycles. The predicted octanol–water partition coefficient (Wildman–Crippen LogP) is 3.98. The second kappa shape index (κ2) is 9.68. The van der Waals surface area contributed by atoms with Crippen molar-refractivity contribution in [3.8, 4) is 5.75 Å². The number of carbonyl (C=O) groups is 1. The molecule has 3 heterocycles. The van der Waals surface area contributed by atoms with Gasteiger partial charge in [0.15, 0.2) is 0 Å². The second-order valence-corrected chi connectivity index (χ2v) is 9.76. The molecule has 0 saturated heterocycles. The number of anilines is 2. The van der Waals surface area contributed by atoms with Gasteiger partial charge in [-0.25, -0.2) is 9.97 Å². The van der Waals surface area contributed by atoms with Crippen molar-refractivity contribution >= 4 is 45.2 Å². The van der Waals surface area contributed by atoms with Gasteiger partial charge in [0.05, 0.1) is 30.8 Å². The molecule has 0 bridgehead atoms. The molecule has 1 amide bonds. The number of aromatic nitrogens is 2. The van der Waals surface area contributed by atoms with Gasteiger partial charge in [-0.05, 0) is 55.0 Å². The summed E-state index contributed by atoms with van der Waals surface area (Å²) >= 11 is 1.67. The van der Waals surface area contributed by atoms with Crippen LogP contribution in [0, 0.1) is 5.92 Å². The molecular formula is C25H29N5O3S. The largest absolute Gasteiger partial charge is 0.492 e. The molecule has 9 heteroatoms. The van der Waals surface area contributed by atoms with Crippen LogP contribution in [0.2, 0.25) is 0 Å². The molecule has 1 aromatic carbocycles. The van der Waals surface area contributed by atoms with Gasteiger partial charge in [0.1, 0.15) is 22.7 Å². The highest BCUT2D eigenvalue weighted by Gasteiger charge is 2.30. The van der Waals surface area contributed by atoms with Gasteiger partial charge in [0, 0.05) is 37.7 Å². The van der Waals surface area contributed by atoms with Gasteiger partial charge < -0.3 is 19.7 Å². The maximum Gasteiger partial charge on any atom is 0.225 e. The van der Waals surface area contributed by atoms with E-state index in [2.05, 4.69) is 32.4 Å². The number of amides is 1. The number of carbonyl (C=O) groups excluding carboxylic acids is 1. The minimum atomic E-state index is -0.00709. The predicted molar refractivity (Wildman–Crippen MR) is 135 cm³/mol. The zero-order chi connectivity index (χ0) is 23.7. The van der Waals surface area contributed by atoms with E-state index in [-0.39, 0.29) is 11.8 Å². The van der Waals surface area contributed by atoms with Crippen LogP contribution in [0.4, 0.5) is 11.5 Å². The lowest BCUT2D eigenvalue weighted by Crippen LogP contribution is -2.37. The Bertz CT molecular complexity index is 1260. The molecule has 1 atom stereocenters. The van der Waals surface area contributed by atoms with Crippen LogP contribution in [-0.4, -0.2) is 60.9 Å². The third kappa shape index (κ3) is 4.25. The lowest BCUT2D eigenvalue weighted by Gasteiger charge is -2.26. The summed E-state index contributed by atoms with van der Waals surface area (Å²) in [4.78, 5) is 30.4. The fraction of sp³-hybridized carbons (Fsp3) is 0.440.